The molecule has 4 heteroatoms. The van der Waals surface area contributed by atoms with E-state index in [1.54, 1.807) is 18.5 Å². The van der Waals surface area contributed by atoms with Crippen LogP contribution in [0, 0.1) is 12.3 Å². The molecule has 110 valence electrons. The molecule has 22 heavy (non-hydrogen) atoms. The van der Waals surface area contributed by atoms with Gasteiger partial charge in [-0.15, -0.1) is 6.42 Å². The van der Waals surface area contributed by atoms with Crippen LogP contribution in [0.3, 0.4) is 0 Å². The number of benzene rings is 1. The summed E-state index contributed by atoms with van der Waals surface area (Å²) in [5, 5.41) is 0. The molecule has 4 nitrogen and oxygen atoms in total. The fourth-order valence-electron chi connectivity index (χ4n) is 1.65. The second-order valence-corrected chi connectivity index (χ2v) is 4.36. The average Bonchev–Trinajstić information content (AvgIpc) is 2.58. The van der Waals surface area contributed by atoms with E-state index in [0.29, 0.717) is 6.61 Å². The molecule has 1 heterocycles. The molecule has 0 radical (unpaired) electrons. The van der Waals surface area contributed by atoms with Crippen LogP contribution < -0.4 is 4.74 Å². The molecular weight excluding hydrogens is 278 g/mol. The second kappa shape index (κ2) is 8.28. The second-order valence-electron chi connectivity index (χ2n) is 4.36. The normalized spacial score (nSPS) is 10.1. The number of hydrogen-bond donors (Lipinski definition) is 0. The molecule has 2 aromatic rings. The van der Waals surface area contributed by atoms with Gasteiger partial charge in [0.15, 0.2) is 6.61 Å². The highest BCUT2D eigenvalue weighted by molar-refractivity contribution is 5.87. The summed E-state index contributed by atoms with van der Waals surface area (Å²) in [6, 6.07) is 11.2. The molecule has 0 amide bonds. The number of hydrogen-bond acceptors (Lipinski definition) is 4. The average molecular weight is 293 g/mol. The Morgan fingerprint density at radius 2 is 2.09 bits per heavy atom. The van der Waals surface area contributed by atoms with Gasteiger partial charge in [0.25, 0.3) is 0 Å². The van der Waals surface area contributed by atoms with Gasteiger partial charge in [-0.25, -0.2) is 4.79 Å². The molecule has 1 aromatic carbocycles. The third-order valence-electron chi connectivity index (χ3n) is 2.72. The lowest BCUT2D eigenvalue weighted by atomic mass is 10.2. The van der Waals surface area contributed by atoms with Crippen molar-refractivity contribution in [1.82, 2.24) is 4.98 Å². The molecular formula is C18H15NO3. The topological polar surface area (TPSA) is 48.4 Å². The van der Waals surface area contributed by atoms with Crippen molar-refractivity contribution >= 4 is 12.0 Å². The maximum Gasteiger partial charge on any atom is 0.331 e. The van der Waals surface area contributed by atoms with Crippen LogP contribution in [0.4, 0.5) is 0 Å². The monoisotopic (exact) mass is 293 g/mol. The number of carbonyl (C=O) groups is 1. The third kappa shape index (κ3) is 5.14. The van der Waals surface area contributed by atoms with E-state index in [1.807, 2.05) is 36.4 Å². The van der Waals surface area contributed by atoms with E-state index in [2.05, 4.69) is 10.9 Å². The quantitative estimate of drug-likeness (QED) is 0.467. The van der Waals surface area contributed by atoms with Gasteiger partial charge in [0.2, 0.25) is 0 Å². The summed E-state index contributed by atoms with van der Waals surface area (Å²) in [6.07, 6.45) is 11.5. The molecule has 0 bridgehead atoms. The van der Waals surface area contributed by atoms with Gasteiger partial charge in [0.1, 0.15) is 12.4 Å². The fourth-order valence-corrected chi connectivity index (χ4v) is 1.65. The van der Waals surface area contributed by atoms with Crippen LogP contribution in [0.1, 0.15) is 11.1 Å². The van der Waals surface area contributed by atoms with E-state index in [0.717, 1.165) is 16.9 Å². The summed E-state index contributed by atoms with van der Waals surface area (Å²) in [4.78, 5) is 15.3. The highest BCUT2D eigenvalue weighted by Gasteiger charge is 1.97. The van der Waals surface area contributed by atoms with E-state index in [4.69, 9.17) is 15.9 Å². The van der Waals surface area contributed by atoms with E-state index in [9.17, 15) is 4.79 Å². The van der Waals surface area contributed by atoms with Crippen LogP contribution in [0.15, 0.2) is 54.9 Å². The molecule has 1 aromatic heterocycles. The largest absolute Gasteiger partial charge is 0.489 e. The number of ether oxygens (including phenoxy) is 2. The summed E-state index contributed by atoms with van der Waals surface area (Å²) >= 11 is 0. The van der Waals surface area contributed by atoms with Gasteiger partial charge in [-0.2, -0.15) is 0 Å². The van der Waals surface area contributed by atoms with Crippen molar-refractivity contribution in [1.29, 1.82) is 0 Å². The summed E-state index contributed by atoms with van der Waals surface area (Å²) < 4.78 is 10.4. The SMILES string of the molecule is C#CCOC(=O)/C=C/c1ccc(OCc2cccnc2)cc1. The van der Waals surface area contributed by atoms with E-state index in [-0.39, 0.29) is 6.61 Å². The molecule has 0 aliphatic carbocycles. The first-order chi connectivity index (χ1) is 10.8. The first-order valence-electron chi connectivity index (χ1n) is 6.68. The standard InChI is InChI=1S/C18H15NO3/c1-2-12-21-18(20)10-7-15-5-8-17(9-6-15)22-14-16-4-3-11-19-13-16/h1,3-11,13H,12,14H2/b10-7+. The van der Waals surface area contributed by atoms with Crippen LogP contribution in [0.25, 0.3) is 6.08 Å². The van der Waals surface area contributed by atoms with Gasteiger partial charge in [0, 0.05) is 24.0 Å². The van der Waals surface area contributed by atoms with Gasteiger partial charge in [-0.1, -0.05) is 24.1 Å². The highest BCUT2D eigenvalue weighted by Crippen LogP contribution is 2.14. The lowest BCUT2D eigenvalue weighted by molar-refractivity contribution is -0.136. The third-order valence-corrected chi connectivity index (χ3v) is 2.72. The first-order valence-corrected chi connectivity index (χ1v) is 6.68. The Labute approximate surface area is 129 Å². The minimum absolute atomic E-state index is 0.0235. The Hall–Kier alpha value is -3.06. The Balaban J connectivity index is 1.86. The number of pyridine rings is 1. The zero-order valence-electron chi connectivity index (χ0n) is 11.9. The molecule has 0 aliphatic rings. The van der Waals surface area contributed by atoms with Crippen molar-refractivity contribution < 1.29 is 14.3 Å². The minimum atomic E-state index is -0.463. The maximum atomic E-state index is 11.3. The lowest BCUT2D eigenvalue weighted by Gasteiger charge is -2.06. The maximum absolute atomic E-state index is 11.3. The van der Waals surface area contributed by atoms with Crippen LogP contribution in [-0.4, -0.2) is 17.6 Å². The summed E-state index contributed by atoms with van der Waals surface area (Å²) in [5.74, 6) is 2.52. The Bertz CT molecular complexity index is 670. The molecule has 0 fully saturated rings. The van der Waals surface area contributed by atoms with Crippen LogP contribution in [0.5, 0.6) is 5.75 Å². The van der Waals surface area contributed by atoms with Gasteiger partial charge in [0.05, 0.1) is 0 Å². The fraction of sp³-hybridized carbons (Fsp3) is 0.111. The van der Waals surface area contributed by atoms with Gasteiger partial charge in [-0.3, -0.25) is 4.98 Å². The molecule has 0 saturated heterocycles. The zero-order valence-corrected chi connectivity index (χ0v) is 11.9. The molecule has 0 saturated carbocycles. The predicted octanol–water partition coefficient (Wildman–Crippen LogP) is 2.85. The van der Waals surface area contributed by atoms with Crippen molar-refractivity contribution in [3.63, 3.8) is 0 Å². The molecule has 0 spiro atoms. The van der Waals surface area contributed by atoms with Crippen LogP contribution in [-0.2, 0) is 16.1 Å². The number of nitrogens with zero attached hydrogens (tertiary/aromatic N) is 1. The molecule has 0 unspecified atom stereocenters. The lowest BCUT2D eigenvalue weighted by Crippen LogP contribution is -1.99. The van der Waals surface area contributed by atoms with Gasteiger partial charge < -0.3 is 9.47 Å². The number of carbonyl (C=O) groups excluding carboxylic acids is 1. The van der Waals surface area contributed by atoms with Gasteiger partial charge >= 0.3 is 5.97 Å². The van der Waals surface area contributed by atoms with Crippen molar-refractivity contribution in [3.8, 4) is 18.1 Å². The van der Waals surface area contributed by atoms with Crippen molar-refractivity contribution in [2.75, 3.05) is 6.61 Å². The van der Waals surface area contributed by atoms with Crippen molar-refractivity contribution in [2.45, 2.75) is 6.61 Å². The number of terminal acetylenes is 1. The summed E-state index contributed by atoms with van der Waals surface area (Å²) in [7, 11) is 0. The smallest absolute Gasteiger partial charge is 0.331 e. The van der Waals surface area contributed by atoms with Crippen LogP contribution >= 0.6 is 0 Å². The highest BCUT2D eigenvalue weighted by atomic mass is 16.5. The minimum Gasteiger partial charge on any atom is -0.489 e. The number of esters is 1. The van der Waals surface area contributed by atoms with E-state index < -0.39 is 5.97 Å². The number of rotatable bonds is 6. The zero-order chi connectivity index (χ0) is 15.6. The Kier molecular flexibility index (Phi) is 5.77. The molecule has 0 N–H and O–H groups in total. The number of aromatic nitrogens is 1. The summed E-state index contributed by atoms with van der Waals surface area (Å²) in [6.45, 7) is 0.436. The van der Waals surface area contributed by atoms with Gasteiger partial charge in [-0.05, 0) is 29.8 Å². The molecule has 2 rings (SSSR count). The van der Waals surface area contributed by atoms with Crippen molar-refractivity contribution in [3.05, 3.63) is 66.0 Å². The van der Waals surface area contributed by atoms with E-state index in [1.165, 1.54) is 6.08 Å². The first kappa shape index (κ1) is 15.3. The predicted molar refractivity (Wildman–Crippen MR) is 83.8 cm³/mol. The summed E-state index contributed by atoms with van der Waals surface area (Å²) in [5.41, 5.74) is 1.87. The van der Waals surface area contributed by atoms with Crippen molar-refractivity contribution in [2.24, 2.45) is 0 Å². The van der Waals surface area contributed by atoms with E-state index >= 15 is 0 Å². The molecule has 0 atom stereocenters. The Morgan fingerprint density at radius 1 is 1.27 bits per heavy atom. The Morgan fingerprint density at radius 3 is 2.77 bits per heavy atom. The molecule has 0 aliphatic heterocycles. The van der Waals surface area contributed by atoms with Crippen LogP contribution in [0.2, 0.25) is 0 Å².